The number of hydrogen-bond donors (Lipinski definition) is 2. The van der Waals surface area contributed by atoms with Gasteiger partial charge in [0.1, 0.15) is 28.2 Å². The Morgan fingerprint density at radius 2 is 1.05 bits per heavy atom. The summed E-state index contributed by atoms with van der Waals surface area (Å²) in [5, 5.41) is 18.8. The molecular formula is C44H31ClF2N12O2. The highest BCUT2D eigenvalue weighted by molar-refractivity contribution is 5.95. The van der Waals surface area contributed by atoms with Crippen molar-refractivity contribution in [3.8, 4) is 22.5 Å². The summed E-state index contributed by atoms with van der Waals surface area (Å²) in [7, 11) is 0. The van der Waals surface area contributed by atoms with Gasteiger partial charge in [-0.25, -0.2) is 28.1 Å². The Kier molecular flexibility index (Phi) is 10.8. The van der Waals surface area contributed by atoms with Gasteiger partial charge in [-0.05, 0) is 96.1 Å². The van der Waals surface area contributed by atoms with Crippen molar-refractivity contribution in [1.29, 1.82) is 0 Å². The number of aromatic nitrogens is 10. The van der Waals surface area contributed by atoms with E-state index in [1.54, 1.807) is 52.1 Å². The predicted molar refractivity (Wildman–Crippen MR) is 227 cm³/mol. The summed E-state index contributed by atoms with van der Waals surface area (Å²) in [6.45, 7) is 0.945. The monoisotopic (exact) mass is 832 g/mol. The highest BCUT2D eigenvalue weighted by Crippen LogP contribution is 2.26. The van der Waals surface area contributed by atoms with Gasteiger partial charge >= 0.3 is 0 Å². The Hall–Kier alpha value is -8.11. The molecule has 0 fully saturated rings. The highest BCUT2D eigenvalue weighted by atomic mass is 35.5. The SMILES string of the molecule is Cl.NC(=O)c1c(F)cc(-c2ccc3nnn(Cc4ccc5ncccc5c4)c3n2)cc1F.NC(=O)c1cccc(-c2ccc3nnn(Cc4ccc5ncccc5c4)c3n2)c1. The molecule has 300 valence electrons. The van der Waals surface area contributed by atoms with E-state index >= 15 is 0 Å². The zero-order chi connectivity index (χ0) is 41.3. The van der Waals surface area contributed by atoms with Crippen LogP contribution in [0.1, 0.15) is 31.8 Å². The maximum atomic E-state index is 14.2. The number of rotatable bonds is 8. The molecule has 0 aliphatic rings. The lowest BCUT2D eigenvalue weighted by atomic mass is 10.1. The third-order valence-corrected chi connectivity index (χ3v) is 9.75. The molecule has 0 aliphatic heterocycles. The molecule has 4 N–H and O–H groups in total. The molecule has 10 rings (SSSR count). The van der Waals surface area contributed by atoms with Crippen LogP contribution in [0.5, 0.6) is 0 Å². The van der Waals surface area contributed by atoms with Gasteiger partial charge in [0, 0.05) is 39.9 Å². The fraction of sp³-hybridized carbons (Fsp3) is 0.0455. The molecule has 10 aromatic rings. The van der Waals surface area contributed by atoms with Crippen molar-refractivity contribution in [2.24, 2.45) is 11.5 Å². The number of nitrogens with two attached hydrogens (primary N) is 2. The molecule has 0 atom stereocenters. The maximum absolute atomic E-state index is 14.2. The van der Waals surface area contributed by atoms with Crippen molar-refractivity contribution in [2.75, 3.05) is 0 Å². The zero-order valence-electron chi connectivity index (χ0n) is 31.7. The lowest BCUT2D eigenvalue weighted by Crippen LogP contribution is -2.15. The third kappa shape index (κ3) is 8.15. The first kappa shape index (κ1) is 39.7. The number of halogens is 3. The summed E-state index contributed by atoms with van der Waals surface area (Å²) in [4.78, 5) is 40.6. The van der Waals surface area contributed by atoms with E-state index in [1.165, 1.54) is 0 Å². The second-order valence-corrected chi connectivity index (χ2v) is 13.8. The zero-order valence-corrected chi connectivity index (χ0v) is 32.5. The van der Waals surface area contributed by atoms with Crippen molar-refractivity contribution in [3.05, 3.63) is 168 Å². The van der Waals surface area contributed by atoms with Crippen LogP contribution in [0.2, 0.25) is 0 Å². The van der Waals surface area contributed by atoms with E-state index in [4.69, 9.17) is 16.5 Å². The molecule has 0 radical (unpaired) electrons. The molecule has 0 saturated heterocycles. The smallest absolute Gasteiger partial charge is 0.254 e. The number of hydrogen-bond acceptors (Lipinski definition) is 10. The molecule has 14 nitrogen and oxygen atoms in total. The van der Waals surface area contributed by atoms with Gasteiger partial charge in [-0.15, -0.1) is 22.6 Å². The minimum atomic E-state index is -1.17. The first-order chi connectivity index (χ1) is 29.2. The van der Waals surface area contributed by atoms with Gasteiger partial charge in [0.05, 0.1) is 35.5 Å². The molecule has 6 heterocycles. The van der Waals surface area contributed by atoms with Gasteiger partial charge in [0.2, 0.25) is 5.91 Å². The number of carbonyl (C=O) groups excluding carboxylic acids is 2. The second kappa shape index (κ2) is 16.6. The van der Waals surface area contributed by atoms with Gasteiger partial charge in [-0.1, -0.05) is 46.8 Å². The number of carbonyl (C=O) groups is 2. The van der Waals surface area contributed by atoms with E-state index in [9.17, 15) is 18.4 Å². The molecule has 4 aromatic carbocycles. The van der Waals surface area contributed by atoms with Gasteiger partial charge in [0.15, 0.2) is 11.3 Å². The van der Waals surface area contributed by atoms with Crippen LogP contribution >= 0.6 is 12.4 Å². The minimum absolute atomic E-state index is 0. The second-order valence-electron chi connectivity index (χ2n) is 13.8. The molecule has 0 aliphatic carbocycles. The highest BCUT2D eigenvalue weighted by Gasteiger charge is 2.18. The van der Waals surface area contributed by atoms with Crippen LogP contribution in [0.15, 0.2) is 134 Å². The lowest BCUT2D eigenvalue weighted by molar-refractivity contribution is 0.0986. The largest absolute Gasteiger partial charge is 0.366 e. The van der Waals surface area contributed by atoms with Crippen LogP contribution in [-0.4, -0.2) is 61.7 Å². The number of primary amides is 2. The van der Waals surface area contributed by atoms with Crippen LogP contribution in [0, 0.1) is 11.6 Å². The van der Waals surface area contributed by atoms with E-state index in [0.29, 0.717) is 46.7 Å². The summed E-state index contributed by atoms with van der Waals surface area (Å²) < 4.78 is 31.8. The fourth-order valence-electron chi connectivity index (χ4n) is 6.82. The van der Waals surface area contributed by atoms with E-state index < -0.39 is 29.0 Å². The third-order valence-electron chi connectivity index (χ3n) is 9.75. The van der Waals surface area contributed by atoms with Gasteiger partial charge < -0.3 is 11.5 Å². The summed E-state index contributed by atoms with van der Waals surface area (Å²) in [5.74, 6) is -3.72. The average Bonchev–Trinajstić information content (AvgIpc) is 3.86. The predicted octanol–water partition coefficient (Wildman–Crippen LogP) is 7.08. The Morgan fingerprint density at radius 1 is 0.541 bits per heavy atom. The normalized spacial score (nSPS) is 11.0. The maximum Gasteiger partial charge on any atom is 0.254 e. The van der Waals surface area contributed by atoms with Crippen LogP contribution in [0.3, 0.4) is 0 Å². The summed E-state index contributed by atoms with van der Waals surface area (Å²) >= 11 is 0. The Bertz CT molecular complexity index is 3280. The average molecular weight is 833 g/mol. The molecule has 0 spiro atoms. The molecule has 0 saturated carbocycles. The molecule has 2 amide bonds. The van der Waals surface area contributed by atoms with Crippen molar-refractivity contribution in [2.45, 2.75) is 13.1 Å². The van der Waals surface area contributed by atoms with Gasteiger partial charge in [0.25, 0.3) is 5.91 Å². The van der Waals surface area contributed by atoms with Crippen molar-refractivity contribution in [3.63, 3.8) is 0 Å². The van der Waals surface area contributed by atoms with Crippen molar-refractivity contribution >= 4 is 68.4 Å². The number of fused-ring (bicyclic) bond motifs is 4. The Labute approximate surface area is 350 Å². The Balaban J connectivity index is 0.000000166. The van der Waals surface area contributed by atoms with Crippen molar-refractivity contribution < 1.29 is 18.4 Å². The number of amides is 2. The number of benzene rings is 4. The first-order valence-electron chi connectivity index (χ1n) is 18.4. The summed E-state index contributed by atoms with van der Waals surface area (Å²) in [6.07, 6.45) is 3.52. The Morgan fingerprint density at radius 3 is 1.56 bits per heavy atom. The first-order valence-corrected chi connectivity index (χ1v) is 18.4. The van der Waals surface area contributed by atoms with Crippen LogP contribution < -0.4 is 11.5 Å². The van der Waals surface area contributed by atoms with Gasteiger partial charge in [-0.2, -0.15) is 0 Å². The summed E-state index contributed by atoms with van der Waals surface area (Å²) in [6, 6.07) is 36.0. The number of pyridine rings is 4. The standard InChI is InChI=1S/C22H14F2N6O.C22H16N6O.ClH/c23-15-9-14(10-16(24)20(15)21(25)31)18-5-6-19-22(27-18)30(29-28-19)11-12-3-4-17-13(8-12)2-1-7-26-17;23-21(29)17-4-1-3-16(12-17)19-8-9-20-22(25-19)28(27-26-20)13-14-6-7-18-15(11-14)5-2-10-24-18;/h1-10H,11H2,(H2,25,31);1-12H,13H2,(H2,23,29);1H. The molecule has 6 aromatic heterocycles. The van der Waals surface area contributed by atoms with Crippen LogP contribution in [0.4, 0.5) is 8.78 Å². The molecular weight excluding hydrogens is 802 g/mol. The van der Waals surface area contributed by atoms with E-state index in [2.05, 4.69) is 41.6 Å². The topological polar surface area (TPSA) is 199 Å². The number of nitrogens with zero attached hydrogens (tertiary/aromatic N) is 10. The summed E-state index contributed by atoms with van der Waals surface area (Å²) in [5.41, 5.74) is 18.4. The fourth-order valence-corrected chi connectivity index (χ4v) is 6.82. The van der Waals surface area contributed by atoms with Crippen LogP contribution in [0.25, 0.3) is 66.6 Å². The quantitative estimate of drug-likeness (QED) is 0.160. The van der Waals surface area contributed by atoms with E-state index in [0.717, 1.165) is 56.3 Å². The molecule has 17 heteroatoms. The van der Waals surface area contributed by atoms with Crippen molar-refractivity contribution in [1.82, 2.24) is 49.9 Å². The van der Waals surface area contributed by atoms with E-state index in [1.807, 2.05) is 72.8 Å². The molecule has 61 heavy (non-hydrogen) atoms. The lowest BCUT2D eigenvalue weighted by Gasteiger charge is -2.07. The molecule has 0 unspecified atom stereocenters. The van der Waals surface area contributed by atoms with Gasteiger partial charge in [-0.3, -0.25) is 19.6 Å². The van der Waals surface area contributed by atoms with E-state index in [-0.39, 0.29) is 18.0 Å². The van der Waals surface area contributed by atoms with Crippen LogP contribution in [-0.2, 0) is 13.1 Å². The molecule has 0 bridgehead atoms. The minimum Gasteiger partial charge on any atom is -0.366 e.